The molecule has 6 heteroatoms. The number of rotatable bonds is 6. The molecule has 1 aliphatic rings. The topological polar surface area (TPSA) is 80.1 Å². The second kappa shape index (κ2) is 8.78. The third-order valence-corrected chi connectivity index (χ3v) is 5.98. The van der Waals surface area contributed by atoms with E-state index in [0.29, 0.717) is 12.5 Å². The summed E-state index contributed by atoms with van der Waals surface area (Å²) in [6.07, 6.45) is 2.25. The van der Waals surface area contributed by atoms with Crippen LogP contribution in [0.15, 0.2) is 66.7 Å². The van der Waals surface area contributed by atoms with E-state index in [2.05, 4.69) is 34.1 Å². The van der Waals surface area contributed by atoms with Gasteiger partial charge in [0.05, 0.1) is 5.52 Å². The van der Waals surface area contributed by atoms with Gasteiger partial charge in [-0.25, -0.2) is 9.97 Å². The van der Waals surface area contributed by atoms with Crippen LogP contribution in [0.1, 0.15) is 18.4 Å². The second-order valence-corrected chi connectivity index (χ2v) is 8.09. The van der Waals surface area contributed by atoms with Gasteiger partial charge in [-0.2, -0.15) is 0 Å². The van der Waals surface area contributed by atoms with E-state index in [0.717, 1.165) is 72.2 Å². The molecule has 2 aromatic heterocycles. The molecule has 3 N–H and O–H groups in total. The van der Waals surface area contributed by atoms with Crippen molar-refractivity contribution in [1.82, 2.24) is 15.0 Å². The van der Waals surface area contributed by atoms with Gasteiger partial charge in [-0.1, -0.05) is 30.3 Å². The van der Waals surface area contributed by atoms with Crippen molar-refractivity contribution in [2.45, 2.75) is 19.4 Å². The molecule has 0 unspecified atom stereocenters. The van der Waals surface area contributed by atoms with Crippen molar-refractivity contribution in [3.63, 3.8) is 0 Å². The Bertz CT molecular complexity index is 1130. The molecule has 1 saturated heterocycles. The maximum atomic E-state index is 5.88. The van der Waals surface area contributed by atoms with Crippen LogP contribution in [-0.4, -0.2) is 34.6 Å². The lowest BCUT2D eigenvalue weighted by Crippen LogP contribution is -2.36. The minimum atomic E-state index is 0.556. The van der Waals surface area contributed by atoms with Gasteiger partial charge in [0.1, 0.15) is 24.0 Å². The summed E-state index contributed by atoms with van der Waals surface area (Å²) in [5.41, 5.74) is 9.67. The molecule has 1 aliphatic heterocycles. The Kier molecular flexibility index (Phi) is 5.54. The lowest BCUT2D eigenvalue weighted by Gasteiger charge is -2.32. The van der Waals surface area contributed by atoms with Crippen LogP contribution >= 0.6 is 0 Å². The summed E-state index contributed by atoms with van der Waals surface area (Å²) < 4.78 is 5.88. The molecule has 0 bridgehead atoms. The van der Waals surface area contributed by atoms with E-state index in [4.69, 9.17) is 20.4 Å². The summed E-state index contributed by atoms with van der Waals surface area (Å²) in [5, 5.41) is 0. The number of piperidine rings is 1. The average Bonchev–Trinajstić information content (AvgIpc) is 3.27. The van der Waals surface area contributed by atoms with Crippen molar-refractivity contribution in [2.24, 2.45) is 11.7 Å². The quantitative estimate of drug-likeness (QED) is 0.490. The summed E-state index contributed by atoms with van der Waals surface area (Å²) >= 11 is 0. The summed E-state index contributed by atoms with van der Waals surface area (Å²) in [7, 11) is 0. The average molecular weight is 414 g/mol. The van der Waals surface area contributed by atoms with E-state index in [1.807, 2.05) is 42.5 Å². The Morgan fingerprint density at radius 2 is 1.71 bits per heavy atom. The monoisotopic (exact) mass is 413 g/mol. The maximum Gasteiger partial charge on any atom is 0.180 e. The zero-order valence-electron chi connectivity index (χ0n) is 17.5. The van der Waals surface area contributed by atoms with Gasteiger partial charge in [-0.05, 0) is 67.3 Å². The van der Waals surface area contributed by atoms with Crippen LogP contribution in [0.4, 0.5) is 5.82 Å². The fourth-order valence-electron chi connectivity index (χ4n) is 4.04. The number of fused-ring (bicyclic) bond motifs is 1. The van der Waals surface area contributed by atoms with Crippen molar-refractivity contribution >= 4 is 17.0 Å². The number of benzene rings is 2. The Balaban J connectivity index is 1.29. The number of aromatic nitrogens is 3. The molecule has 3 heterocycles. The molecule has 1 fully saturated rings. The summed E-state index contributed by atoms with van der Waals surface area (Å²) in [6, 6.07) is 22.3. The largest absolute Gasteiger partial charge is 0.489 e. The number of H-pyrrole nitrogens is 1. The number of aromatic amines is 1. The lowest BCUT2D eigenvalue weighted by atomic mass is 9.97. The van der Waals surface area contributed by atoms with Crippen LogP contribution in [0.3, 0.4) is 0 Å². The van der Waals surface area contributed by atoms with E-state index in [1.165, 1.54) is 0 Å². The molecule has 0 radical (unpaired) electrons. The van der Waals surface area contributed by atoms with Gasteiger partial charge < -0.3 is 20.4 Å². The van der Waals surface area contributed by atoms with Crippen LogP contribution in [0.2, 0.25) is 0 Å². The first-order chi connectivity index (χ1) is 15.3. The number of nitrogens with one attached hydrogen (secondary N) is 1. The molecule has 0 amide bonds. The molecule has 0 spiro atoms. The van der Waals surface area contributed by atoms with Crippen molar-refractivity contribution in [3.05, 3.63) is 72.3 Å². The van der Waals surface area contributed by atoms with E-state index in [9.17, 15) is 0 Å². The third kappa shape index (κ3) is 4.39. The summed E-state index contributed by atoms with van der Waals surface area (Å²) in [6.45, 7) is 3.34. The lowest BCUT2D eigenvalue weighted by molar-refractivity contribution is 0.306. The fraction of sp³-hybridized carbons (Fsp3) is 0.280. The van der Waals surface area contributed by atoms with Crippen molar-refractivity contribution < 1.29 is 4.74 Å². The number of nitrogens with two attached hydrogens (primary N) is 1. The zero-order valence-corrected chi connectivity index (χ0v) is 17.5. The zero-order chi connectivity index (χ0) is 21.0. The van der Waals surface area contributed by atoms with Gasteiger partial charge in [-0.3, -0.25) is 0 Å². The third-order valence-electron chi connectivity index (χ3n) is 5.98. The minimum Gasteiger partial charge on any atom is -0.489 e. The number of anilines is 1. The van der Waals surface area contributed by atoms with E-state index >= 15 is 0 Å². The fourth-order valence-corrected chi connectivity index (χ4v) is 4.04. The van der Waals surface area contributed by atoms with Crippen LogP contribution in [-0.2, 0) is 6.61 Å². The van der Waals surface area contributed by atoms with Crippen molar-refractivity contribution in [1.29, 1.82) is 0 Å². The Morgan fingerprint density at radius 3 is 2.45 bits per heavy atom. The molecule has 31 heavy (non-hydrogen) atoms. The highest BCUT2D eigenvalue weighted by Crippen LogP contribution is 2.26. The second-order valence-electron chi connectivity index (χ2n) is 8.09. The molecule has 5 rings (SSSR count). The predicted molar refractivity (Wildman–Crippen MR) is 124 cm³/mol. The normalized spacial score (nSPS) is 14.8. The number of imidazole rings is 1. The molecule has 2 aromatic carbocycles. The molecule has 158 valence electrons. The first kappa shape index (κ1) is 19.6. The van der Waals surface area contributed by atoms with Gasteiger partial charge in [-0.15, -0.1) is 0 Å². The molecular formula is C25H27N5O. The van der Waals surface area contributed by atoms with Crippen LogP contribution in [0, 0.1) is 5.92 Å². The van der Waals surface area contributed by atoms with Crippen molar-refractivity contribution in [3.8, 4) is 17.1 Å². The number of ether oxygens (including phenoxy) is 1. The number of hydrogen-bond acceptors (Lipinski definition) is 5. The van der Waals surface area contributed by atoms with Gasteiger partial charge in [0.2, 0.25) is 0 Å². The highest BCUT2D eigenvalue weighted by Gasteiger charge is 2.19. The highest BCUT2D eigenvalue weighted by atomic mass is 16.5. The number of nitrogens with zero attached hydrogens (tertiary/aromatic N) is 3. The van der Waals surface area contributed by atoms with E-state index in [-0.39, 0.29) is 0 Å². The number of pyridine rings is 1. The first-order valence-corrected chi connectivity index (χ1v) is 10.9. The summed E-state index contributed by atoms with van der Waals surface area (Å²) in [4.78, 5) is 15.3. The smallest absolute Gasteiger partial charge is 0.180 e. The SMILES string of the molecule is NCC1CCN(c2ccc3[nH]c(-c4ccc(OCc5ccccc5)cc4)nc3n2)CC1. The molecule has 4 aromatic rings. The number of hydrogen-bond donors (Lipinski definition) is 2. The predicted octanol–water partition coefficient (Wildman–Crippen LogP) is 4.38. The van der Waals surface area contributed by atoms with Crippen LogP contribution < -0.4 is 15.4 Å². The minimum absolute atomic E-state index is 0.556. The maximum absolute atomic E-state index is 5.88. The molecule has 6 nitrogen and oxygen atoms in total. The Morgan fingerprint density at radius 1 is 0.935 bits per heavy atom. The van der Waals surface area contributed by atoms with Crippen molar-refractivity contribution in [2.75, 3.05) is 24.5 Å². The Hall–Kier alpha value is -3.38. The summed E-state index contributed by atoms with van der Waals surface area (Å²) in [5.74, 6) is 3.28. The van der Waals surface area contributed by atoms with E-state index < -0.39 is 0 Å². The van der Waals surface area contributed by atoms with E-state index in [1.54, 1.807) is 0 Å². The van der Waals surface area contributed by atoms with Crippen LogP contribution in [0.25, 0.3) is 22.6 Å². The molecule has 0 saturated carbocycles. The standard InChI is InChI=1S/C25H27N5O/c26-16-18-12-14-30(15-13-18)23-11-10-22-25(28-23)29-24(27-22)20-6-8-21(9-7-20)31-17-19-4-2-1-3-5-19/h1-11,18H,12-17,26H2,(H,27,28,29). The molecule has 0 aliphatic carbocycles. The van der Waals surface area contributed by atoms with Gasteiger partial charge in [0.15, 0.2) is 5.65 Å². The van der Waals surface area contributed by atoms with Gasteiger partial charge in [0.25, 0.3) is 0 Å². The molecule has 0 atom stereocenters. The van der Waals surface area contributed by atoms with Gasteiger partial charge >= 0.3 is 0 Å². The highest BCUT2D eigenvalue weighted by molar-refractivity contribution is 5.77. The van der Waals surface area contributed by atoms with Gasteiger partial charge in [0, 0.05) is 18.7 Å². The molecular weight excluding hydrogens is 386 g/mol. The Labute approximate surface area is 182 Å². The van der Waals surface area contributed by atoms with Crippen LogP contribution in [0.5, 0.6) is 5.75 Å². The first-order valence-electron chi connectivity index (χ1n) is 10.9.